The largest absolute Gasteiger partial charge is 0.443 e. The normalized spacial score (nSPS) is 20.4. The SMILES string of the molecule is CC(C)(C)c1ccc(C2=NC(C(F)(F)F)(C(F)(F)F)N=C(N3CCCCC3)O2)cc1. The highest BCUT2D eigenvalue weighted by Gasteiger charge is 2.74. The summed E-state index contributed by atoms with van der Waals surface area (Å²) in [5.74, 6) is -0.749. The second-order valence-corrected chi connectivity index (χ2v) is 8.46. The highest BCUT2D eigenvalue weighted by molar-refractivity contribution is 6.03. The van der Waals surface area contributed by atoms with Gasteiger partial charge in [0.1, 0.15) is 0 Å². The molecule has 10 heteroatoms. The van der Waals surface area contributed by atoms with Gasteiger partial charge in [-0.25, -0.2) is 4.99 Å². The topological polar surface area (TPSA) is 37.2 Å². The minimum absolute atomic E-state index is 0.0188. The van der Waals surface area contributed by atoms with E-state index in [2.05, 4.69) is 9.98 Å². The molecule has 0 aromatic heterocycles. The Labute approximate surface area is 170 Å². The van der Waals surface area contributed by atoms with Crippen LogP contribution in [0, 0.1) is 0 Å². The Morgan fingerprint density at radius 3 is 1.83 bits per heavy atom. The summed E-state index contributed by atoms with van der Waals surface area (Å²) in [6, 6.07) is 5.40. The Kier molecular flexibility index (Phi) is 5.57. The minimum atomic E-state index is -5.79. The molecule has 0 spiro atoms. The first kappa shape index (κ1) is 22.4. The van der Waals surface area contributed by atoms with E-state index in [1.165, 1.54) is 17.0 Å². The molecule has 30 heavy (non-hydrogen) atoms. The molecule has 1 fully saturated rings. The maximum atomic E-state index is 13.7. The van der Waals surface area contributed by atoms with E-state index in [4.69, 9.17) is 4.74 Å². The molecule has 2 heterocycles. The van der Waals surface area contributed by atoms with Crippen LogP contribution in [-0.4, -0.2) is 47.9 Å². The third kappa shape index (κ3) is 4.13. The highest BCUT2D eigenvalue weighted by Crippen LogP contribution is 2.49. The lowest BCUT2D eigenvalue weighted by molar-refractivity contribution is -0.293. The third-order valence-electron chi connectivity index (χ3n) is 5.12. The van der Waals surface area contributed by atoms with Gasteiger partial charge in [-0.3, -0.25) is 0 Å². The molecule has 0 atom stereocenters. The van der Waals surface area contributed by atoms with Gasteiger partial charge in [0, 0.05) is 18.7 Å². The average molecular weight is 435 g/mol. The molecule has 0 saturated carbocycles. The van der Waals surface area contributed by atoms with Crippen molar-refractivity contribution in [3.63, 3.8) is 0 Å². The number of benzene rings is 1. The van der Waals surface area contributed by atoms with Crippen LogP contribution < -0.4 is 0 Å². The van der Waals surface area contributed by atoms with E-state index in [0.717, 1.165) is 12.0 Å². The van der Waals surface area contributed by atoms with Crippen LogP contribution in [0.5, 0.6) is 0 Å². The quantitative estimate of drug-likeness (QED) is 0.552. The van der Waals surface area contributed by atoms with E-state index in [9.17, 15) is 26.3 Å². The van der Waals surface area contributed by atoms with Gasteiger partial charge in [0.15, 0.2) is 0 Å². The highest BCUT2D eigenvalue weighted by atomic mass is 19.4. The molecule has 3 rings (SSSR count). The van der Waals surface area contributed by atoms with Gasteiger partial charge in [0.2, 0.25) is 5.90 Å². The Hall–Kier alpha value is -2.26. The number of ether oxygens (including phenoxy) is 1. The molecular formula is C20H23F6N3O. The molecule has 0 aliphatic carbocycles. The van der Waals surface area contributed by atoms with Crippen molar-refractivity contribution in [2.75, 3.05) is 13.1 Å². The second-order valence-electron chi connectivity index (χ2n) is 8.46. The molecule has 0 N–H and O–H groups in total. The standard InChI is InChI=1S/C20H23F6N3O/c1-17(2,3)14-9-7-13(8-10-14)15-27-18(19(21,22)23,20(24,25)26)28-16(30-15)29-11-5-4-6-12-29/h7-10H,4-6,11-12H2,1-3H3. The van der Waals surface area contributed by atoms with Crippen molar-refractivity contribution < 1.29 is 31.1 Å². The number of nitrogens with zero attached hydrogens (tertiary/aromatic N) is 3. The van der Waals surface area contributed by atoms with Crippen LogP contribution in [0.15, 0.2) is 34.3 Å². The first-order chi connectivity index (χ1) is 13.7. The smallest absolute Gasteiger partial charge is 0.406 e. The number of rotatable bonds is 1. The van der Waals surface area contributed by atoms with Crippen molar-refractivity contribution in [1.82, 2.24) is 4.90 Å². The maximum Gasteiger partial charge on any atom is 0.443 e. The Morgan fingerprint density at radius 2 is 1.37 bits per heavy atom. The van der Waals surface area contributed by atoms with E-state index in [-0.39, 0.29) is 24.1 Å². The molecule has 4 nitrogen and oxygen atoms in total. The van der Waals surface area contributed by atoms with Crippen molar-refractivity contribution in [1.29, 1.82) is 0 Å². The molecule has 0 radical (unpaired) electrons. The molecule has 1 aromatic rings. The summed E-state index contributed by atoms with van der Waals surface area (Å²) in [5.41, 5.74) is -3.96. The van der Waals surface area contributed by atoms with Gasteiger partial charge in [-0.05, 0) is 42.4 Å². The van der Waals surface area contributed by atoms with Gasteiger partial charge >= 0.3 is 18.0 Å². The van der Waals surface area contributed by atoms with Crippen LogP contribution >= 0.6 is 0 Å². The van der Waals surface area contributed by atoms with E-state index in [1.807, 2.05) is 20.8 Å². The number of hydrogen-bond donors (Lipinski definition) is 0. The monoisotopic (exact) mass is 435 g/mol. The molecule has 0 amide bonds. The second kappa shape index (κ2) is 7.46. The maximum absolute atomic E-state index is 13.7. The van der Waals surface area contributed by atoms with Crippen LogP contribution in [-0.2, 0) is 10.2 Å². The van der Waals surface area contributed by atoms with Gasteiger partial charge in [-0.15, -0.1) is 0 Å². The van der Waals surface area contributed by atoms with Crippen molar-refractivity contribution in [2.45, 2.75) is 63.5 Å². The van der Waals surface area contributed by atoms with E-state index >= 15 is 0 Å². The number of alkyl halides is 6. The number of halogens is 6. The molecule has 0 bridgehead atoms. The molecule has 1 aromatic carbocycles. The fourth-order valence-electron chi connectivity index (χ4n) is 3.31. The summed E-state index contributed by atoms with van der Waals surface area (Å²) in [4.78, 5) is 7.30. The van der Waals surface area contributed by atoms with Gasteiger partial charge in [0.25, 0.3) is 6.02 Å². The number of hydrogen-bond acceptors (Lipinski definition) is 4. The number of likely N-dealkylation sites (tertiary alicyclic amines) is 1. The predicted molar refractivity (Wildman–Crippen MR) is 100 cm³/mol. The van der Waals surface area contributed by atoms with Crippen molar-refractivity contribution >= 4 is 11.9 Å². The zero-order chi connectivity index (χ0) is 22.4. The molecule has 0 unspecified atom stereocenters. The number of amidine groups is 1. The third-order valence-corrected chi connectivity index (χ3v) is 5.12. The van der Waals surface area contributed by atoms with E-state index < -0.39 is 29.9 Å². The average Bonchev–Trinajstić information content (AvgIpc) is 2.66. The summed E-state index contributed by atoms with van der Waals surface area (Å²) in [6.07, 6.45) is -9.48. The van der Waals surface area contributed by atoms with Crippen LogP contribution in [0.4, 0.5) is 26.3 Å². The molecule has 166 valence electrons. The molecule has 2 aliphatic heterocycles. The summed E-state index contributed by atoms with van der Waals surface area (Å²) < 4.78 is 87.8. The van der Waals surface area contributed by atoms with Crippen molar-refractivity contribution in [3.05, 3.63) is 35.4 Å². The predicted octanol–water partition coefficient (Wildman–Crippen LogP) is 5.42. The Morgan fingerprint density at radius 1 is 0.833 bits per heavy atom. The lowest BCUT2D eigenvalue weighted by Crippen LogP contribution is -2.58. The first-order valence-electron chi connectivity index (χ1n) is 9.61. The van der Waals surface area contributed by atoms with Gasteiger partial charge in [-0.1, -0.05) is 32.9 Å². The molecule has 1 saturated heterocycles. The zero-order valence-corrected chi connectivity index (χ0v) is 16.9. The number of piperidine rings is 1. The van der Waals surface area contributed by atoms with Gasteiger partial charge < -0.3 is 9.64 Å². The summed E-state index contributed by atoms with van der Waals surface area (Å²) >= 11 is 0. The van der Waals surface area contributed by atoms with E-state index in [1.54, 1.807) is 12.1 Å². The fraction of sp³-hybridized carbons (Fsp3) is 0.600. The van der Waals surface area contributed by atoms with E-state index in [0.29, 0.717) is 12.8 Å². The van der Waals surface area contributed by atoms with Crippen molar-refractivity contribution in [2.24, 2.45) is 9.98 Å². The summed E-state index contributed by atoms with van der Waals surface area (Å²) in [7, 11) is 0. The summed E-state index contributed by atoms with van der Waals surface area (Å²) in [5, 5.41) is 0. The van der Waals surface area contributed by atoms with Crippen LogP contribution in [0.3, 0.4) is 0 Å². The minimum Gasteiger partial charge on any atom is -0.406 e. The summed E-state index contributed by atoms with van der Waals surface area (Å²) in [6.45, 7) is 6.35. The molecular weight excluding hydrogens is 412 g/mol. The lowest BCUT2D eigenvalue weighted by Gasteiger charge is -2.37. The molecule has 2 aliphatic rings. The zero-order valence-electron chi connectivity index (χ0n) is 16.9. The number of aliphatic imine (C=N–C) groups is 2. The van der Waals surface area contributed by atoms with Crippen LogP contribution in [0.25, 0.3) is 0 Å². The van der Waals surface area contributed by atoms with Crippen molar-refractivity contribution in [3.8, 4) is 0 Å². The van der Waals surface area contributed by atoms with Gasteiger partial charge in [-0.2, -0.15) is 31.3 Å². The Bertz CT molecular complexity index is 814. The first-order valence-corrected chi connectivity index (χ1v) is 9.61. The lowest BCUT2D eigenvalue weighted by atomic mass is 9.87. The van der Waals surface area contributed by atoms with Crippen LogP contribution in [0.1, 0.15) is 51.2 Å². The van der Waals surface area contributed by atoms with Crippen LogP contribution in [0.2, 0.25) is 0 Å². The fourth-order valence-corrected chi connectivity index (χ4v) is 3.31. The Balaban J connectivity index is 2.11. The van der Waals surface area contributed by atoms with Gasteiger partial charge in [0.05, 0.1) is 0 Å².